The first kappa shape index (κ1) is 22.2. The normalized spacial score (nSPS) is 16.3. The van der Waals surface area contributed by atoms with E-state index in [2.05, 4.69) is 24.0 Å². The molecule has 0 saturated carbocycles. The third-order valence-corrected chi connectivity index (χ3v) is 7.47. The third kappa shape index (κ3) is 4.62. The lowest BCUT2D eigenvalue weighted by Crippen LogP contribution is -2.50. The van der Waals surface area contributed by atoms with E-state index in [0.717, 1.165) is 12.0 Å². The van der Waals surface area contributed by atoms with E-state index in [1.807, 2.05) is 26.2 Å². The molecule has 1 atom stereocenters. The Balaban J connectivity index is 1.64. The first-order valence-corrected chi connectivity index (χ1v) is 11.6. The van der Waals surface area contributed by atoms with Gasteiger partial charge in [0.05, 0.1) is 4.90 Å². The van der Waals surface area contributed by atoms with Gasteiger partial charge in [-0.05, 0) is 42.2 Å². The van der Waals surface area contributed by atoms with Gasteiger partial charge in [0.25, 0.3) is 5.91 Å². The second-order valence-corrected chi connectivity index (χ2v) is 9.68. The number of aromatic nitrogens is 2. The molecule has 1 saturated heterocycles. The second kappa shape index (κ2) is 9.09. The van der Waals surface area contributed by atoms with Gasteiger partial charge in [0.15, 0.2) is 11.5 Å². The summed E-state index contributed by atoms with van der Waals surface area (Å²) in [5, 5.41) is 8.04. The van der Waals surface area contributed by atoms with E-state index in [1.165, 1.54) is 4.31 Å². The molecule has 8 nitrogen and oxygen atoms in total. The smallest absolute Gasteiger partial charge is 0.274 e. The number of carbonyl (C=O) groups is 1. The van der Waals surface area contributed by atoms with Crippen LogP contribution in [0.4, 0.5) is 5.82 Å². The van der Waals surface area contributed by atoms with Crippen LogP contribution in [-0.4, -0.2) is 74.0 Å². The molecule has 2 heterocycles. The molecule has 2 aromatic rings. The number of hydrogen-bond acceptors (Lipinski definition) is 6. The van der Waals surface area contributed by atoms with Crippen LogP contribution in [0.1, 0.15) is 42.2 Å². The number of sulfonamides is 1. The number of carbonyl (C=O) groups excluding carboxylic acids is 1. The average molecular weight is 432 g/mol. The van der Waals surface area contributed by atoms with Gasteiger partial charge in [0.2, 0.25) is 10.0 Å². The van der Waals surface area contributed by atoms with Crippen molar-refractivity contribution >= 4 is 21.7 Å². The van der Waals surface area contributed by atoms with E-state index in [0.29, 0.717) is 29.7 Å². The monoisotopic (exact) mass is 431 g/mol. The van der Waals surface area contributed by atoms with Crippen LogP contribution >= 0.6 is 0 Å². The molecule has 1 aliphatic heterocycles. The van der Waals surface area contributed by atoms with Crippen LogP contribution in [-0.2, 0) is 10.0 Å². The van der Waals surface area contributed by atoms with E-state index in [4.69, 9.17) is 0 Å². The molecule has 1 aromatic heterocycles. The maximum absolute atomic E-state index is 13.0. The molecule has 0 N–H and O–H groups in total. The molecular formula is C21H29N5O3S. The molecule has 0 aliphatic carbocycles. The number of benzene rings is 1. The van der Waals surface area contributed by atoms with Crippen molar-refractivity contribution in [2.24, 2.45) is 0 Å². The van der Waals surface area contributed by atoms with Crippen molar-refractivity contribution in [1.29, 1.82) is 0 Å². The number of anilines is 1. The Labute approximate surface area is 178 Å². The molecule has 9 heteroatoms. The Morgan fingerprint density at radius 1 is 1.03 bits per heavy atom. The van der Waals surface area contributed by atoms with E-state index in [1.54, 1.807) is 34.1 Å². The van der Waals surface area contributed by atoms with Crippen molar-refractivity contribution in [3.05, 3.63) is 47.7 Å². The quantitative estimate of drug-likeness (QED) is 0.697. The summed E-state index contributed by atoms with van der Waals surface area (Å²) in [6, 6.07) is 10.5. The SMILES string of the molecule is CCC(C)c1ccc(S(=O)(=O)N2CCN(C(=O)c3ccc(N(C)C)nn3)CC2)cc1. The Bertz CT molecular complexity index is 967. The van der Waals surface area contributed by atoms with Crippen molar-refractivity contribution in [2.45, 2.75) is 31.1 Å². The van der Waals surface area contributed by atoms with Crippen LogP contribution in [0.25, 0.3) is 0 Å². The highest BCUT2D eigenvalue weighted by atomic mass is 32.2. The van der Waals surface area contributed by atoms with E-state index < -0.39 is 10.0 Å². The van der Waals surface area contributed by atoms with Crippen molar-refractivity contribution in [3.63, 3.8) is 0 Å². The van der Waals surface area contributed by atoms with Gasteiger partial charge in [-0.1, -0.05) is 26.0 Å². The zero-order chi connectivity index (χ0) is 21.9. The summed E-state index contributed by atoms with van der Waals surface area (Å²) in [6.07, 6.45) is 1.00. The highest BCUT2D eigenvalue weighted by Crippen LogP contribution is 2.23. The van der Waals surface area contributed by atoms with Gasteiger partial charge >= 0.3 is 0 Å². The molecule has 30 heavy (non-hydrogen) atoms. The van der Waals surface area contributed by atoms with E-state index in [-0.39, 0.29) is 24.7 Å². The minimum Gasteiger partial charge on any atom is -0.361 e. The van der Waals surface area contributed by atoms with Crippen molar-refractivity contribution in [3.8, 4) is 0 Å². The summed E-state index contributed by atoms with van der Waals surface area (Å²) in [7, 11) is 0.122. The van der Waals surface area contributed by atoms with Crippen LogP contribution in [0.15, 0.2) is 41.3 Å². The van der Waals surface area contributed by atoms with Gasteiger partial charge in [-0.3, -0.25) is 4.79 Å². The van der Waals surface area contributed by atoms with E-state index >= 15 is 0 Å². The van der Waals surface area contributed by atoms with Gasteiger partial charge < -0.3 is 9.80 Å². The minimum atomic E-state index is -3.58. The molecule has 3 rings (SSSR count). The van der Waals surface area contributed by atoms with Crippen LogP contribution in [0.5, 0.6) is 0 Å². The Hall–Kier alpha value is -2.52. The molecule has 1 fully saturated rings. The topological polar surface area (TPSA) is 86.7 Å². The zero-order valence-corrected chi connectivity index (χ0v) is 18.8. The highest BCUT2D eigenvalue weighted by molar-refractivity contribution is 7.89. The van der Waals surface area contributed by atoms with Crippen LogP contribution in [0, 0.1) is 0 Å². The molecule has 0 bridgehead atoms. The predicted molar refractivity (Wildman–Crippen MR) is 116 cm³/mol. The fraction of sp³-hybridized carbons (Fsp3) is 0.476. The maximum atomic E-state index is 13.0. The van der Waals surface area contributed by atoms with E-state index in [9.17, 15) is 13.2 Å². The van der Waals surface area contributed by atoms with Gasteiger partial charge in [-0.25, -0.2) is 8.42 Å². The standard InChI is InChI=1S/C21H29N5O3S/c1-5-16(2)17-6-8-18(9-7-17)30(28,29)26-14-12-25(13-15-26)21(27)19-10-11-20(23-22-19)24(3)4/h6-11,16H,5,12-15H2,1-4H3. The first-order valence-electron chi connectivity index (χ1n) is 10.1. The lowest BCUT2D eigenvalue weighted by molar-refractivity contribution is 0.0691. The van der Waals surface area contributed by atoms with Crippen molar-refractivity contribution in [1.82, 2.24) is 19.4 Å². The molecule has 1 aromatic carbocycles. The van der Waals surface area contributed by atoms with Gasteiger partial charge in [0, 0.05) is 40.3 Å². The summed E-state index contributed by atoms with van der Waals surface area (Å²) in [6.45, 7) is 5.38. The number of amides is 1. The number of rotatable bonds is 6. The minimum absolute atomic E-state index is 0.234. The molecular weight excluding hydrogens is 402 g/mol. The third-order valence-electron chi connectivity index (χ3n) is 5.55. The Kier molecular flexibility index (Phi) is 6.72. The fourth-order valence-corrected chi connectivity index (χ4v) is 4.75. The molecule has 162 valence electrons. The fourth-order valence-electron chi connectivity index (χ4n) is 3.32. The summed E-state index contributed by atoms with van der Waals surface area (Å²) in [5.74, 6) is 0.829. The predicted octanol–water partition coefficient (Wildman–Crippen LogP) is 2.20. The number of nitrogens with zero attached hydrogens (tertiary/aromatic N) is 5. The lowest BCUT2D eigenvalue weighted by atomic mass is 9.99. The van der Waals surface area contributed by atoms with Crippen molar-refractivity contribution in [2.75, 3.05) is 45.2 Å². The molecule has 1 amide bonds. The van der Waals surface area contributed by atoms with Gasteiger partial charge in [0.1, 0.15) is 0 Å². The lowest BCUT2D eigenvalue weighted by Gasteiger charge is -2.33. The molecule has 1 unspecified atom stereocenters. The summed E-state index contributed by atoms with van der Waals surface area (Å²) >= 11 is 0. The van der Waals surface area contributed by atoms with Gasteiger partial charge in [-0.15, -0.1) is 10.2 Å². The summed E-state index contributed by atoms with van der Waals surface area (Å²) < 4.78 is 27.4. The first-order chi connectivity index (χ1) is 14.2. The van der Waals surface area contributed by atoms with Crippen LogP contribution in [0.2, 0.25) is 0 Å². The van der Waals surface area contributed by atoms with Crippen LogP contribution in [0.3, 0.4) is 0 Å². The van der Waals surface area contributed by atoms with Crippen LogP contribution < -0.4 is 4.90 Å². The number of hydrogen-bond donors (Lipinski definition) is 0. The summed E-state index contributed by atoms with van der Waals surface area (Å²) in [5.41, 5.74) is 1.39. The maximum Gasteiger partial charge on any atom is 0.274 e. The summed E-state index contributed by atoms with van der Waals surface area (Å²) in [4.78, 5) is 16.4. The second-order valence-electron chi connectivity index (χ2n) is 7.75. The molecule has 0 radical (unpaired) electrons. The Morgan fingerprint density at radius 3 is 2.17 bits per heavy atom. The average Bonchev–Trinajstić information content (AvgIpc) is 2.78. The van der Waals surface area contributed by atoms with Gasteiger partial charge in [-0.2, -0.15) is 4.31 Å². The number of piperazine rings is 1. The Morgan fingerprint density at radius 2 is 1.67 bits per heavy atom. The highest BCUT2D eigenvalue weighted by Gasteiger charge is 2.31. The molecule has 1 aliphatic rings. The largest absolute Gasteiger partial charge is 0.361 e. The van der Waals surface area contributed by atoms with Crippen molar-refractivity contribution < 1.29 is 13.2 Å². The molecule has 0 spiro atoms. The zero-order valence-electron chi connectivity index (χ0n) is 17.9.